The third kappa shape index (κ3) is 60.9. The second-order valence-electron chi connectivity index (χ2n) is 22.8. The van der Waals surface area contributed by atoms with Gasteiger partial charge >= 0.3 is 5.97 Å². The van der Waals surface area contributed by atoms with Gasteiger partial charge < -0.3 is 20.3 Å². The number of hydrogen-bond donors (Lipinski definition) is 3. The smallest absolute Gasteiger partial charge is 0.305 e. The van der Waals surface area contributed by atoms with Crippen molar-refractivity contribution in [2.45, 2.75) is 366 Å². The van der Waals surface area contributed by atoms with Crippen LogP contribution in [0.2, 0.25) is 0 Å². The number of carbonyl (C=O) groups excluding carboxylic acids is 2. The Balaban J connectivity index is 3.44. The van der Waals surface area contributed by atoms with Gasteiger partial charge in [-0.1, -0.05) is 306 Å². The summed E-state index contributed by atoms with van der Waals surface area (Å²) in [6.07, 6.45) is 83.1. The molecule has 2 atom stereocenters. The Morgan fingerprint density at radius 2 is 0.693 bits per heavy atom. The summed E-state index contributed by atoms with van der Waals surface area (Å²) in [5, 5.41) is 23.2. The maximum absolute atomic E-state index is 12.5. The zero-order valence-electron chi connectivity index (χ0n) is 50.3. The first-order chi connectivity index (χ1) is 37.0. The molecule has 0 saturated heterocycles. The summed E-state index contributed by atoms with van der Waals surface area (Å²) in [7, 11) is 0. The van der Waals surface area contributed by atoms with Crippen LogP contribution in [0.5, 0.6) is 0 Å². The fourth-order valence-corrected chi connectivity index (χ4v) is 10.2. The second-order valence-corrected chi connectivity index (χ2v) is 22.8. The molecule has 75 heavy (non-hydrogen) atoms. The van der Waals surface area contributed by atoms with E-state index in [9.17, 15) is 19.8 Å². The molecule has 6 heteroatoms. The van der Waals surface area contributed by atoms with E-state index in [0.29, 0.717) is 19.4 Å². The summed E-state index contributed by atoms with van der Waals surface area (Å²) in [6.45, 7) is 4.85. The predicted octanol–water partition coefficient (Wildman–Crippen LogP) is 21.3. The lowest BCUT2D eigenvalue weighted by Gasteiger charge is -2.20. The largest absolute Gasteiger partial charge is 0.466 e. The Morgan fingerprint density at radius 1 is 0.373 bits per heavy atom. The van der Waals surface area contributed by atoms with E-state index in [2.05, 4.69) is 55.6 Å². The van der Waals surface area contributed by atoms with Crippen molar-refractivity contribution in [2.24, 2.45) is 0 Å². The Hall–Kier alpha value is -2.18. The van der Waals surface area contributed by atoms with E-state index in [-0.39, 0.29) is 18.5 Å². The Bertz CT molecular complexity index is 1260. The number of aliphatic hydroxyl groups is 2. The van der Waals surface area contributed by atoms with Crippen molar-refractivity contribution in [1.82, 2.24) is 5.32 Å². The topological polar surface area (TPSA) is 95.9 Å². The van der Waals surface area contributed by atoms with Gasteiger partial charge in [0, 0.05) is 12.8 Å². The molecule has 0 aromatic heterocycles. The van der Waals surface area contributed by atoms with Gasteiger partial charge in [-0.2, -0.15) is 0 Å². The summed E-state index contributed by atoms with van der Waals surface area (Å²) in [6, 6.07) is -0.633. The Morgan fingerprint density at radius 3 is 1.08 bits per heavy atom. The lowest BCUT2D eigenvalue weighted by Crippen LogP contribution is -2.45. The van der Waals surface area contributed by atoms with Crippen LogP contribution in [0.15, 0.2) is 48.6 Å². The van der Waals surface area contributed by atoms with E-state index < -0.39 is 12.1 Å². The standard InChI is InChI=1S/C69H129NO5/c1-3-5-7-9-11-13-15-17-18-19-20-25-28-31-34-38-41-45-49-53-57-61-67(72)66(65-71)70-68(73)62-58-54-50-46-42-39-35-32-29-26-23-21-22-24-27-30-33-36-40-44-48-52-56-60-64-75-69(74)63-59-55-51-47-43-37-16-14-12-10-8-6-4-2/h8,10,14,16,23,26,57,61,66-67,71-72H,3-7,9,11-13,15,17-22,24-25,27-56,58-60,62-65H2,1-2H3,(H,70,73)/b10-8-,16-14-,26-23-,61-57+. The molecule has 0 fully saturated rings. The summed E-state index contributed by atoms with van der Waals surface area (Å²) in [4.78, 5) is 24.5. The third-order valence-corrected chi connectivity index (χ3v) is 15.3. The van der Waals surface area contributed by atoms with Crippen molar-refractivity contribution in [2.75, 3.05) is 13.2 Å². The summed E-state index contributed by atoms with van der Waals surface area (Å²) in [5.74, 6) is -0.0734. The van der Waals surface area contributed by atoms with Crippen LogP contribution in [0, 0.1) is 0 Å². The second kappa shape index (κ2) is 64.3. The maximum atomic E-state index is 12.5. The van der Waals surface area contributed by atoms with Gasteiger partial charge in [-0.25, -0.2) is 0 Å². The number of unbranched alkanes of at least 4 members (excludes halogenated alkanes) is 45. The normalized spacial score (nSPS) is 12.9. The molecular weight excluding hydrogens is 923 g/mol. The van der Waals surface area contributed by atoms with Gasteiger partial charge in [-0.05, 0) is 83.5 Å². The van der Waals surface area contributed by atoms with Gasteiger partial charge in [0.25, 0.3) is 0 Å². The molecule has 0 aliphatic carbocycles. The number of nitrogens with one attached hydrogen (secondary N) is 1. The maximum Gasteiger partial charge on any atom is 0.305 e. The monoisotopic (exact) mass is 1050 g/mol. The van der Waals surface area contributed by atoms with Crippen molar-refractivity contribution in [3.63, 3.8) is 0 Å². The zero-order valence-corrected chi connectivity index (χ0v) is 50.3. The van der Waals surface area contributed by atoms with Crippen molar-refractivity contribution in [3.8, 4) is 0 Å². The van der Waals surface area contributed by atoms with E-state index in [1.807, 2.05) is 6.08 Å². The van der Waals surface area contributed by atoms with Crippen molar-refractivity contribution < 1.29 is 24.5 Å². The average molecular weight is 1050 g/mol. The summed E-state index contributed by atoms with van der Waals surface area (Å²) >= 11 is 0. The quantitative estimate of drug-likeness (QED) is 0.0320. The summed E-state index contributed by atoms with van der Waals surface area (Å²) in [5.41, 5.74) is 0. The Labute approximate surface area is 467 Å². The minimum Gasteiger partial charge on any atom is -0.466 e. The van der Waals surface area contributed by atoms with Gasteiger partial charge in [0.15, 0.2) is 0 Å². The van der Waals surface area contributed by atoms with E-state index in [4.69, 9.17) is 4.74 Å². The number of carbonyl (C=O) groups is 2. The Kier molecular flexibility index (Phi) is 62.5. The van der Waals surface area contributed by atoms with Crippen molar-refractivity contribution in [3.05, 3.63) is 48.6 Å². The third-order valence-electron chi connectivity index (χ3n) is 15.3. The fourth-order valence-electron chi connectivity index (χ4n) is 10.2. The van der Waals surface area contributed by atoms with Gasteiger partial charge in [0.05, 0.1) is 25.4 Å². The molecule has 2 unspecified atom stereocenters. The van der Waals surface area contributed by atoms with Crippen LogP contribution >= 0.6 is 0 Å². The van der Waals surface area contributed by atoms with E-state index in [0.717, 1.165) is 51.4 Å². The number of amides is 1. The van der Waals surface area contributed by atoms with Crippen LogP contribution < -0.4 is 5.32 Å². The van der Waals surface area contributed by atoms with Crippen LogP contribution in [-0.2, 0) is 14.3 Å². The SMILES string of the molecule is CCC/C=C\C/C=C\CCCCCCCC(=O)OCCCCCCCCCCCCCC/C=C\CCCCCCCCCCC(=O)NC(CO)C(O)/C=C/CCCCCCCCCCCCCCCCCCCCC. The van der Waals surface area contributed by atoms with E-state index >= 15 is 0 Å². The average Bonchev–Trinajstić information content (AvgIpc) is 3.41. The van der Waals surface area contributed by atoms with Gasteiger partial charge in [0.2, 0.25) is 5.91 Å². The molecule has 0 spiro atoms. The first-order valence-electron chi connectivity index (χ1n) is 33.4. The number of esters is 1. The molecule has 440 valence electrons. The minimum absolute atomic E-state index is 0.00337. The van der Waals surface area contributed by atoms with Crippen molar-refractivity contribution in [1.29, 1.82) is 0 Å². The molecule has 0 radical (unpaired) electrons. The highest BCUT2D eigenvalue weighted by atomic mass is 16.5. The molecule has 3 N–H and O–H groups in total. The lowest BCUT2D eigenvalue weighted by molar-refractivity contribution is -0.143. The number of hydrogen-bond acceptors (Lipinski definition) is 5. The van der Waals surface area contributed by atoms with Gasteiger partial charge in [-0.3, -0.25) is 9.59 Å². The number of allylic oxidation sites excluding steroid dienone is 7. The lowest BCUT2D eigenvalue weighted by atomic mass is 10.0. The molecule has 0 rings (SSSR count). The predicted molar refractivity (Wildman–Crippen MR) is 329 cm³/mol. The molecule has 0 aliphatic rings. The molecule has 0 aromatic carbocycles. The highest BCUT2D eigenvalue weighted by Crippen LogP contribution is 2.18. The van der Waals surface area contributed by atoms with Crippen LogP contribution in [0.25, 0.3) is 0 Å². The number of aliphatic hydroxyl groups excluding tert-OH is 2. The molecular formula is C69H129NO5. The molecule has 0 aliphatic heterocycles. The van der Waals surface area contributed by atoms with E-state index in [1.165, 1.54) is 276 Å². The number of ether oxygens (including phenoxy) is 1. The molecule has 1 amide bonds. The van der Waals surface area contributed by atoms with Crippen molar-refractivity contribution >= 4 is 11.9 Å². The van der Waals surface area contributed by atoms with Crippen LogP contribution in [0.4, 0.5) is 0 Å². The fraction of sp³-hybridized carbons (Fsp3) is 0.855. The van der Waals surface area contributed by atoms with Gasteiger partial charge in [0.1, 0.15) is 0 Å². The van der Waals surface area contributed by atoms with Gasteiger partial charge in [-0.15, -0.1) is 0 Å². The van der Waals surface area contributed by atoms with Crippen LogP contribution in [0.1, 0.15) is 354 Å². The zero-order chi connectivity index (χ0) is 54.3. The first-order valence-corrected chi connectivity index (χ1v) is 33.4. The first kappa shape index (κ1) is 72.8. The highest BCUT2D eigenvalue weighted by Gasteiger charge is 2.18. The minimum atomic E-state index is -0.849. The molecule has 0 aromatic rings. The summed E-state index contributed by atoms with van der Waals surface area (Å²) < 4.78 is 5.47. The molecule has 0 heterocycles. The number of rotatable bonds is 62. The molecule has 0 saturated carbocycles. The van der Waals surface area contributed by atoms with Crippen LogP contribution in [0.3, 0.4) is 0 Å². The molecule has 6 nitrogen and oxygen atoms in total. The van der Waals surface area contributed by atoms with E-state index in [1.54, 1.807) is 6.08 Å². The molecule has 0 bridgehead atoms. The highest BCUT2D eigenvalue weighted by molar-refractivity contribution is 5.76. The van der Waals surface area contributed by atoms with Crippen LogP contribution in [-0.4, -0.2) is 47.4 Å².